The maximum atomic E-state index is 12.3. The third-order valence-corrected chi connectivity index (χ3v) is 5.65. The molecule has 0 saturated heterocycles. The Labute approximate surface area is 152 Å². The molecule has 2 rings (SSSR count). The molecule has 2 aromatic carbocycles. The summed E-state index contributed by atoms with van der Waals surface area (Å²) in [5.74, 6) is -0.811. The Balaban J connectivity index is 2.40. The highest BCUT2D eigenvalue weighted by molar-refractivity contribution is 9.11. The lowest BCUT2D eigenvalue weighted by molar-refractivity contribution is 0.102. The van der Waals surface area contributed by atoms with Crippen LogP contribution in [0, 0.1) is 0 Å². The molecule has 1 amide bonds. The molecular formula is C13H6Br2Cl3NO2. The summed E-state index contributed by atoms with van der Waals surface area (Å²) in [7, 11) is 0. The first-order chi connectivity index (χ1) is 9.82. The molecule has 0 atom stereocenters. The summed E-state index contributed by atoms with van der Waals surface area (Å²) in [6, 6.07) is 6.27. The molecule has 0 saturated carbocycles. The number of carbonyl (C=O) groups excluding carboxylic acids is 1. The minimum absolute atomic E-state index is 0.0363. The van der Waals surface area contributed by atoms with Crippen LogP contribution in [0.4, 0.5) is 5.69 Å². The standard InChI is InChI=1S/C13H6Br2Cl3NO2/c14-6-4-5(12(20)9(15)10(6)17)13(21)19-8-3-1-2-7(16)11(8)18/h1-4,20H,(H,19,21). The van der Waals surface area contributed by atoms with Gasteiger partial charge in [-0.05, 0) is 50.1 Å². The largest absolute Gasteiger partial charge is 0.506 e. The number of carbonyl (C=O) groups is 1. The maximum absolute atomic E-state index is 12.3. The zero-order valence-corrected chi connectivity index (χ0v) is 15.5. The van der Waals surface area contributed by atoms with Crippen molar-refractivity contribution in [1.29, 1.82) is 0 Å². The molecule has 2 N–H and O–H groups in total. The van der Waals surface area contributed by atoms with Crippen molar-refractivity contribution >= 4 is 78.3 Å². The number of halogens is 5. The second-order valence-electron chi connectivity index (χ2n) is 3.94. The third-order valence-electron chi connectivity index (χ3n) is 2.58. The van der Waals surface area contributed by atoms with Gasteiger partial charge in [0.05, 0.1) is 30.8 Å². The third kappa shape index (κ3) is 3.48. The molecule has 21 heavy (non-hydrogen) atoms. The molecule has 2 aromatic rings. The van der Waals surface area contributed by atoms with E-state index < -0.39 is 5.91 Å². The molecule has 0 aliphatic rings. The van der Waals surface area contributed by atoms with Gasteiger partial charge < -0.3 is 10.4 Å². The predicted octanol–water partition coefficient (Wildman–Crippen LogP) is 6.13. The number of nitrogens with one attached hydrogen (secondary N) is 1. The van der Waals surface area contributed by atoms with Crippen molar-refractivity contribution in [1.82, 2.24) is 0 Å². The number of rotatable bonds is 2. The van der Waals surface area contributed by atoms with Crippen molar-refractivity contribution in [2.75, 3.05) is 5.32 Å². The van der Waals surface area contributed by atoms with Crippen LogP contribution in [0.5, 0.6) is 5.75 Å². The van der Waals surface area contributed by atoms with Crippen LogP contribution in [0.15, 0.2) is 33.2 Å². The topological polar surface area (TPSA) is 49.3 Å². The second-order valence-corrected chi connectivity index (χ2v) is 6.75. The Bertz CT molecular complexity index is 738. The molecule has 0 aromatic heterocycles. The number of phenolic OH excluding ortho intramolecular Hbond substituents is 1. The van der Waals surface area contributed by atoms with E-state index in [1.54, 1.807) is 18.2 Å². The number of anilines is 1. The molecule has 0 radical (unpaired) electrons. The van der Waals surface area contributed by atoms with Gasteiger partial charge in [0.15, 0.2) is 0 Å². The molecule has 8 heteroatoms. The molecule has 0 aliphatic heterocycles. The van der Waals surface area contributed by atoms with Crippen LogP contribution < -0.4 is 5.32 Å². The summed E-state index contributed by atoms with van der Waals surface area (Å²) < 4.78 is 0.692. The molecular weight excluding hydrogens is 468 g/mol. The van der Waals surface area contributed by atoms with E-state index in [0.29, 0.717) is 15.2 Å². The van der Waals surface area contributed by atoms with Crippen LogP contribution >= 0.6 is 66.7 Å². The van der Waals surface area contributed by atoms with Gasteiger partial charge in [-0.1, -0.05) is 40.9 Å². The zero-order chi connectivity index (χ0) is 15.7. The molecule has 0 aliphatic carbocycles. The van der Waals surface area contributed by atoms with Crippen molar-refractivity contribution < 1.29 is 9.90 Å². The Hall–Kier alpha value is -0.460. The van der Waals surface area contributed by atoms with Gasteiger partial charge in [-0.2, -0.15) is 0 Å². The van der Waals surface area contributed by atoms with Gasteiger partial charge in [0.1, 0.15) is 5.75 Å². The van der Waals surface area contributed by atoms with Gasteiger partial charge in [-0.15, -0.1) is 0 Å². The fourth-order valence-electron chi connectivity index (χ4n) is 1.55. The number of phenols is 1. The highest BCUT2D eigenvalue weighted by atomic mass is 79.9. The average Bonchev–Trinajstić information content (AvgIpc) is 2.45. The van der Waals surface area contributed by atoms with Gasteiger partial charge in [0.2, 0.25) is 0 Å². The summed E-state index contributed by atoms with van der Waals surface area (Å²) >= 11 is 24.2. The molecule has 3 nitrogen and oxygen atoms in total. The van der Waals surface area contributed by atoms with Crippen molar-refractivity contribution in [3.05, 3.63) is 53.8 Å². The van der Waals surface area contributed by atoms with E-state index in [9.17, 15) is 9.90 Å². The fraction of sp³-hybridized carbons (Fsp3) is 0. The minimum atomic E-state index is -0.547. The Kier molecular flexibility index (Phi) is 5.43. The number of amides is 1. The van der Waals surface area contributed by atoms with E-state index in [0.717, 1.165) is 0 Å². The number of benzene rings is 2. The van der Waals surface area contributed by atoms with E-state index >= 15 is 0 Å². The van der Waals surface area contributed by atoms with Crippen molar-refractivity contribution in [2.24, 2.45) is 0 Å². The van der Waals surface area contributed by atoms with Crippen molar-refractivity contribution in [3.8, 4) is 5.75 Å². The average molecular weight is 474 g/mol. The lowest BCUT2D eigenvalue weighted by atomic mass is 10.2. The van der Waals surface area contributed by atoms with Crippen LogP contribution in [0.3, 0.4) is 0 Å². The molecule has 0 bridgehead atoms. The minimum Gasteiger partial charge on any atom is -0.506 e. The highest BCUT2D eigenvalue weighted by Crippen LogP contribution is 2.40. The fourth-order valence-corrected chi connectivity index (χ4v) is 3.16. The molecule has 110 valence electrons. The quantitative estimate of drug-likeness (QED) is 0.515. The summed E-state index contributed by atoms with van der Waals surface area (Å²) in [6.45, 7) is 0. The van der Waals surface area contributed by atoms with E-state index in [1.807, 2.05) is 0 Å². The van der Waals surface area contributed by atoms with Crippen LogP contribution in [0.25, 0.3) is 0 Å². The summed E-state index contributed by atoms with van der Waals surface area (Å²) in [5.41, 5.74) is 0.380. The highest BCUT2D eigenvalue weighted by Gasteiger charge is 2.19. The Morgan fingerprint density at radius 1 is 1.14 bits per heavy atom. The van der Waals surface area contributed by atoms with Crippen molar-refractivity contribution in [3.63, 3.8) is 0 Å². The van der Waals surface area contributed by atoms with E-state index in [1.165, 1.54) is 6.07 Å². The predicted molar refractivity (Wildman–Crippen MR) is 92.9 cm³/mol. The normalized spacial score (nSPS) is 10.5. The van der Waals surface area contributed by atoms with Gasteiger partial charge in [-0.25, -0.2) is 0 Å². The van der Waals surface area contributed by atoms with Crippen LogP contribution in [0.2, 0.25) is 15.1 Å². The molecule has 0 spiro atoms. The molecule has 0 unspecified atom stereocenters. The number of hydrogen-bond acceptors (Lipinski definition) is 2. The van der Waals surface area contributed by atoms with Crippen LogP contribution in [0.1, 0.15) is 10.4 Å². The Morgan fingerprint density at radius 3 is 2.48 bits per heavy atom. The first kappa shape index (κ1) is 16.9. The number of aromatic hydroxyl groups is 1. The zero-order valence-electron chi connectivity index (χ0n) is 10.1. The lowest BCUT2D eigenvalue weighted by Gasteiger charge is -2.11. The maximum Gasteiger partial charge on any atom is 0.259 e. The van der Waals surface area contributed by atoms with E-state index in [-0.39, 0.29) is 25.8 Å². The molecule has 0 heterocycles. The van der Waals surface area contributed by atoms with Gasteiger partial charge in [0.25, 0.3) is 5.91 Å². The first-order valence-electron chi connectivity index (χ1n) is 5.44. The summed E-state index contributed by atoms with van der Waals surface area (Å²) in [6.07, 6.45) is 0. The van der Waals surface area contributed by atoms with E-state index in [2.05, 4.69) is 37.2 Å². The van der Waals surface area contributed by atoms with Crippen LogP contribution in [-0.2, 0) is 0 Å². The second kappa shape index (κ2) is 6.75. The first-order valence-corrected chi connectivity index (χ1v) is 8.16. The van der Waals surface area contributed by atoms with Crippen molar-refractivity contribution in [2.45, 2.75) is 0 Å². The van der Waals surface area contributed by atoms with Gasteiger partial charge in [-0.3, -0.25) is 4.79 Å². The summed E-state index contributed by atoms with van der Waals surface area (Å²) in [5, 5.41) is 13.4. The van der Waals surface area contributed by atoms with Gasteiger partial charge in [0, 0.05) is 4.47 Å². The SMILES string of the molecule is O=C(Nc1cccc(Cl)c1Cl)c1cc(Br)c(Cl)c(Br)c1O. The monoisotopic (exact) mass is 471 g/mol. The van der Waals surface area contributed by atoms with E-state index in [4.69, 9.17) is 34.8 Å². The summed E-state index contributed by atoms with van der Waals surface area (Å²) in [4.78, 5) is 12.3. The number of hydrogen-bond donors (Lipinski definition) is 2. The van der Waals surface area contributed by atoms with Crippen LogP contribution in [-0.4, -0.2) is 11.0 Å². The molecule has 0 fully saturated rings. The van der Waals surface area contributed by atoms with Gasteiger partial charge >= 0.3 is 0 Å². The Morgan fingerprint density at radius 2 is 1.81 bits per heavy atom. The lowest BCUT2D eigenvalue weighted by Crippen LogP contribution is -2.13. The smallest absolute Gasteiger partial charge is 0.259 e.